The van der Waals surface area contributed by atoms with E-state index in [2.05, 4.69) is 9.97 Å². The molecule has 0 saturated carbocycles. The number of aliphatic hydroxyl groups is 2. The Kier molecular flexibility index (Phi) is 6.04. The first-order valence-corrected chi connectivity index (χ1v) is 12.7. The van der Waals surface area contributed by atoms with Crippen LogP contribution >= 0.6 is 0 Å². The molecule has 0 aliphatic heterocycles. The molecule has 0 radical (unpaired) electrons. The molecule has 0 saturated heterocycles. The van der Waals surface area contributed by atoms with E-state index in [0.717, 1.165) is 47.7 Å². The molecule has 2 aromatic heterocycles. The zero-order chi connectivity index (χ0) is 27.1. The number of benzene rings is 2. The van der Waals surface area contributed by atoms with Gasteiger partial charge in [0.2, 0.25) is 0 Å². The van der Waals surface area contributed by atoms with Crippen molar-refractivity contribution in [2.24, 2.45) is 0 Å². The summed E-state index contributed by atoms with van der Waals surface area (Å²) in [7, 11) is 0. The van der Waals surface area contributed by atoms with Crippen molar-refractivity contribution in [2.45, 2.75) is 25.7 Å². The molecule has 3 aliphatic carbocycles. The third kappa shape index (κ3) is 4.08. The Morgan fingerprint density at radius 3 is 2.10 bits per heavy atom. The van der Waals surface area contributed by atoms with Crippen LogP contribution < -0.4 is 0 Å². The highest BCUT2D eigenvalue weighted by molar-refractivity contribution is 6.39. The second kappa shape index (κ2) is 9.68. The van der Waals surface area contributed by atoms with Crippen LogP contribution in [-0.2, 0) is 4.79 Å². The average Bonchev–Trinajstić information content (AvgIpc) is 3.38. The second-order valence-electron chi connectivity index (χ2n) is 9.58. The summed E-state index contributed by atoms with van der Waals surface area (Å²) >= 11 is 0. The first kappa shape index (κ1) is 24.3. The number of aromatic nitrogens is 2. The molecule has 7 heteroatoms. The molecule has 7 nitrogen and oxygen atoms in total. The zero-order valence-electron chi connectivity index (χ0n) is 20.9. The number of aromatic hydroxyl groups is 1. The van der Waals surface area contributed by atoms with Gasteiger partial charge in [0.15, 0.2) is 11.6 Å². The van der Waals surface area contributed by atoms with Crippen molar-refractivity contribution < 1.29 is 24.9 Å². The molecule has 192 valence electrons. The fourth-order valence-electron chi connectivity index (χ4n) is 5.34. The molecule has 2 aromatic carbocycles. The molecule has 3 N–H and O–H groups in total. The maximum Gasteiger partial charge on any atom is 0.199 e. The van der Waals surface area contributed by atoms with Crippen molar-refractivity contribution in [3.63, 3.8) is 0 Å². The maximum absolute atomic E-state index is 12.6. The predicted octanol–water partition coefficient (Wildman–Crippen LogP) is 6.37. The number of carbonyl (C=O) groups excluding carboxylic acids is 2. The minimum atomic E-state index is -0.322. The molecule has 3 aliphatic rings. The third-order valence-corrected chi connectivity index (χ3v) is 7.26. The van der Waals surface area contributed by atoms with Gasteiger partial charge in [-0.3, -0.25) is 14.6 Å². The molecule has 0 spiro atoms. The van der Waals surface area contributed by atoms with Gasteiger partial charge in [-0.05, 0) is 49.9 Å². The van der Waals surface area contributed by atoms with Gasteiger partial charge in [-0.1, -0.05) is 48.5 Å². The van der Waals surface area contributed by atoms with E-state index in [9.17, 15) is 24.9 Å². The number of hydrogen-bond donors (Lipinski definition) is 3. The molecule has 0 fully saturated rings. The Hall–Kier alpha value is -5.04. The lowest BCUT2D eigenvalue weighted by molar-refractivity contribution is -0.110. The number of carbonyl (C=O) groups is 2. The lowest BCUT2D eigenvalue weighted by atomic mass is 9.92. The van der Waals surface area contributed by atoms with Gasteiger partial charge in [0.05, 0.1) is 22.4 Å². The lowest BCUT2D eigenvalue weighted by Crippen LogP contribution is -2.05. The summed E-state index contributed by atoms with van der Waals surface area (Å²) in [5, 5.41) is 31.3. The first-order valence-electron chi connectivity index (χ1n) is 12.7. The summed E-state index contributed by atoms with van der Waals surface area (Å²) in [6.45, 7) is 0. The van der Waals surface area contributed by atoms with E-state index in [4.69, 9.17) is 0 Å². The Morgan fingerprint density at radius 1 is 0.641 bits per heavy atom. The fraction of sp³-hybridized carbons (Fsp3) is 0.125. The highest BCUT2D eigenvalue weighted by Gasteiger charge is 2.35. The van der Waals surface area contributed by atoms with Gasteiger partial charge in [0, 0.05) is 33.9 Å². The molecular weight excluding hydrogens is 492 g/mol. The number of fused-ring (bicyclic) bond motifs is 2. The molecule has 0 atom stereocenters. The lowest BCUT2D eigenvalue weighted by Gasteiger charge is -2.12. The van der Waals surface area contributed by atoms with Gasteiger partial charge in [-0.2, -0.15) is 0 Å². The van der Waals surface area contributed by atoms with E-state index < -0.39 is 0 Å². The summed E-state index contributed by atoms with van der Waals surface area (Å²) in [6.07, 6.45) is 5.09. The zero-order valence-corrected chi connectivity index (χ0v) is 20.9. The van der Waals surface area contributed by atoms with Gasteiger partial charge in [-0.25, -0.2) is 4.98 Å². The first-order chi connectivity index (χ1) is 19.0. The van der Waals surface area contributed by atoms with Crippen LogP contribution in [0.15, 0.2) is 95.9 Å². The van der Waals surface area contributed by atoms with Crippen LogP contribution in [0, 0.1) is 0 Å². The SMILES string of the molecule is O=C1C(c2ncccc2O)=C(O)c2ccccc21.O=C1C2=C(CCCC2)C(O)=C1c1ccc2ccccc2n1. The molecule has 0 bridgehead atoms. The minimum Gasteiger partial charge on any atom is -0.507 e. The number of allylic oxidation sites excluding steroid dienone is 4. The Balaban J connectivity index is 0.000000144. The topological polar surface area (TPSA) is 121 Å². The summed E-state index contributed by atoms with van der Waals surface area (Å²) < 4.78 is 0. The maximum atomic E-state index is 12.6. The number of nitrogens with zero attached hydrogens (tertiary/aromatic N) is 2. The molecular formula is C32H24N2O5. The van der Waals surface area contributed by atoms with Gasteiger partial charge >= 0.3 is 0 Å². The van der Waals surface area contributed by atoms with Gasteiger partial charge < -0.3 is 15.3 Å². The highest BCUT2D eigenvalue weighted by Crippen LogP contribution is 2.41. The number of hydrogen-bond acceptors (Lipinski definition) is 7. The molecule has 0 amide bonds. The largest absolute Gasteiger partial charge is 0.507 e. The van der Waals surface area contributed by atoms with Crippen molar-refractivity contribution in [1.82, 2.24) is 9.97 Å². The van der Waals surface area contributed by atoms with Gasteiger partial charge in [0.25, 0.3) is 0 Å². The Morgan fingerprint density at radius 2 is 1.36 bits per heavy atom. The molecule has 7 rings (SSSR count). The van der Waals surface area contributed by atoms with Gasteiger partial charge in [0.1, 0.15) is 23.0 Å². The third-order valence-electron chi connectivity index (χ3n) is 7.26. The van der Waals surface area contributed by atoms with E-state index in [1.54, 1.807) is 30.3 Å². The van der Waals surface area contributed by atoms with Crippen LogP contribution in [0.1, 0.15) is 53.0 Å². The number of ketones is 2. The van der Waals surface area contributed by atoms with Crippen LogP contribution in [0.5, 0.6) is 5.75 Å². The van der Waals surface area contributed by atoms with E-state index >= 15 is 0 Å². The Labute approximate surface area is 224 Å². The number of Topliss-reactive ketones (excluding diaryl/α,β-unsaturated/α-hetero) is 2. The van der Waals surface area contributed by atoms with Crippen LogP contribution in [0.4, 0.5) is 0 Å². The summed E-state index contributed by atoms with van der Waals surface area (Å²) in [5.41, 5.74) is 4.49. The van der Waals surface area contributed by atoms with Crippen LogP contribution in [0.3, 0.4) is 0 Å². The van der Waals surface area contributed by atoms with Crippen molar-refractivity contribution in [3.05, 3.63) is 118 Å². The summed E-state index contributed by atoms with van der Waals surface area (Å²) in [4.78, 5) is 33.3. The smallest absolute Gasteiger partial charge is 0.199 e. The normalized spacial score (nSPS) is 16.4. The molecule has 39 heavy (non-hydrogen) atoms. The minimum absolute atomic E-state index is 0.0371. The van der Waals surface area contributed by atoms with Crippen LogP contribution in [-0.4, -0.2) is 36.9 Å². The molecule has 2 heterocycles. The number of pyridine rings is 2. The number of aliphatic hydroxyl groups excluding tert-OH is 2. The second-order valence-corrected chi connectivity index (χ2v) is 9.58. The van der Waals surface area contributed by atoms with Crippen molar-refractivity contribution >= 4 is 39.4 Å². The highest BCUT2D eigenvalue weighted by atomic mass is 16.3. The number of rotatable bonds is 2. The number of para-hydroxylation sites is 1. The van der Waals surface area contributed by atoms with Crippen molar-refractivity contribution in [1.29, 1.82) is 0 Å². The summed E-state index contributed by atoms with van der Waals surface area (Å²) in [6, 6.07) is 21.3. The van der Waals surface area contributed by atoms with Crippen molar-refractivity contribution in [3.8, 4) is 5.75 Å². The van der Waals surface area contributed by atoms with Crippen LogP contribution in [0.25, 0.3) is 27.8 Å². The summed E-state index contributed by atoms with van der Waals surface area (Å²) in [5.74, 6) is -0.468. The Bertz CT molecular complexity index is 1780. The molecule has 4 aromatic rings. The van der Waals surface area contributed by atoms with E-state index in [1.165, 1.54) is 12.3 Å². The van der Waals surface area contributed by atoms with E-state index in [0.29, 0.717) is 22.4 Å². The van der Waals surface area contributed by atoms with E-state index in [1.807, 2.05) is 36.4 Å². The van der Waals surface area contributed by atoms with Crippen LogP contribution in [0.2, 0.25) is 0 Å². The predicted molar refractivity (Wildman–Crippen MR) is 148 cm³/mol. The monoisotopic (exact) mass is 516 g/mol. The quantitative estimate of drug-likeness (QED) is 0.283. The molecule has 0 unspecified atom stereocenters. The average molecular weight is 517 g/mol. The van der Waals surface area contributed by atoms with Crippen molar-refractivity contribution in [2.75, 3.05) is 0 Å². The standard InChI is InChI=1S/C18H15NO2.C14H9NO3/c20-17-12-6-2-3-7-13(12)18(21)16(17)15-10-9-11-5-1-4-8-14(11)19-15;16-10-6-3-7-15-12(10)11-13(17)8-4-1-2-5-9(8)14(11)18/h1,4-5,8-10,20H,2-3,6-7H2;1-7,16-17H. The fourth-order valence-corrected chi connectivity index (χ4v) is 5.34. The van der Waals surface area contributed by atoms with E-state index in [-0.39, 0.29) is 40.1 Å². The van der Waals surface area contributed by atoms with Gasteiger partial charge in [-0.15, -0.1) is 0 Å².